The molecule has 0 aromatic heterocycles. The van der Waals surface area contributed by atoms with Crippen LogP contribution in [0.15, 0.2) is 0 Å². The van der Waals surface area contributed by atoms with Crippen molar-refractivity contribution in [3.05, 3.63) is 0 Å². The third-order valence-corrected chi connectivity index (χ3v) is 3.78. The van der Waals surface area contributed by atoms with Gasteiger partial charge < -0.3 is 9.84 Å². The maximum atomic E-state index is 11.3. The Labute approximate surface area is 113 Å². The summed E-state index contributed by atoms with van der Waals surface area (Å²) >= 11 is 1.48. The molecule has 0 atom stereocenters. The second-order valence-corrected chi connectivity index (χ2v) is 5.76. The first-order chi connectivity index (χ1) is 8.19. The van der Waals surface area contributed by atoms with Crippen molar-refractivity contribution in [1.82, 2.24) is 0 Å². The highest BCUT2D eigenvalue weighted by atomic mass is 32.2. The lowest BCUT2D eigenvalue weighted by Gasteiger charge is -2.27. The van der Waals surface area contributed by atoms with Crippen molar-refractivity contribution in [3.8, 4) is 0 Å². The van der Waals surface area contributed by atoms with Crippen LogP contribution in [0.1, 0.15) is 20.8 Å². The van der Waals surface area contributed by atoms with Crippen molar-refractivity contribution < 1.29 is 29.0 Å². The van der Waals surface area contributed by atoms with E-state index in [1.165, 1.54) is 13.8 Å². The van der Waals surface area contributed by atoms with E-state index >= 15 is 0 Å². The van der Waals surface area contributed by atoms with E-state index < -0.39 is 17.5 Å². The SMILES string of the molecule is CC(=O)OC(CSC(C)=O)(CSC(C)=O)C(=O)O. The van der Waals surface area contributed by atoms with E-state index in [2.05, 4.69) is 0 Å². The van der Waals surface area contributed by atoms with Crippen LogP contribution >= 0.6 is 23.5 Å². The van der Waals surface area contributed by atoms with Gasteiger partial charge in [0.2, 0.25) is 5.60 Å². The minimum Gasteiger partial charge on any atom is -0.478 e. The van der Waals surface area contributed by atoms with Gasteiger partial charge in [-0.15, -0.1) is 0 Å². The summed E-state index contributed by atoms with van der Waals surface area (Å²) in [7, 11) is 0. The lowest BCUT2D eigenvalue weighted by Crippen LogP contribution is -2.48. The summed E-state index contributed by atoms with van der Waals surface area (Å²) < 4.78 is 4.82. The average molecular weight is 294 g/mol. The maximum Gasteiger partial charge on any atom is 0.349 e. The summed E-state index contributed by atoms with van der Waals surface area (Å²) in [6.45, 7) is 3.64. The number of hydrogen-bond acceptors (Lipinski definition) is 7. The highest BCUT2D eigenvalue weighted by Crippen LogP contribution is 2.25. The standard InChI is InChI=1S/C10H14O6S2/c1-6(11)16-10(9(14)15,4-17-7(2)12)5-18-8(3)13/h4-5H2,1-3H3,(H,14,15). The molecule has 0 saturated carbocycles. The van der Waals surface area contributed by atoms with Crippen molar-refractivity contribution in [1.29, 1.82) is 0 Å². The number of carboxylic acids is 1. The fraction of sp³-hybridized carbons (Fsp3) is 0.600. The van der Waals surface area contributed by atoms with Gasteiger partial charge in [0.25, 0.3) is 0 Å². The smallest absolute Gasteiger partial charge is 0.349 e. The minimum atomic E-state index is -1.86. The van der Waals surface area contributed by atoms with Crippen LogP contribution in [0.25, 0.3) is 0 Å². The molecule has 0 aliphatic heterocycles. The highest BCUT2D eigenvalue weighted by Gasteiger charge is 2.43. The molecular formula is C10H14O6S2. The van der Waals surface area contributed by atoms with Crippen molar-refractivity contribution in [2.75, 3.05) is 11.5 Å². The number of carbonyl (C=O) groups excluding carboxylic acids is 3. The quantitative estimate of drug-likeness (QED) is 0.722. The number of ether oxygens (including phenoxy) is 1. The minimum absolute atomic E-state index is 0.225. The van der Waals surface area contributed by atoms with Crippen molar-refractivity contribution in [2.24, 2.45) is 0 Å². The van der Waals surface area contributed by atoms with Crippen molar-refractivity contribution in [2.45, 2.75) is 26.4 Å². The fourth-order valence-corrected chi connectivity index (χ4v) is 2.55. The second-order valence-electron chi connectivity index (χ2n) is 3.45. The highest BCUT2D eigenvalue weighted by molar-refractivity contribution is 8.14. The van der Waals surface area contributed by atoms with Crippen LogP contribution < -0.4 is 0 Å². The molecule has 0 spiro atoms. The second kappa shape index (κ2) is 7.42. The largest absolute Gasteiger partial charge is 0.478 e. The van der Waals surface area contributed by atoms with Crippen LogP contribution in [-0.2, 0) is 23.9 Å². The molecular weight excluding hydrogens is 280 g/mol. The average Bonchev–Trinajstić information content (AvgIpc) is 2.21. The number of esters is 1. The monoisotopic (exact) mass is 294 g/mol. The molecule has 0 radical (unpaired) electrons. The Hall–Kier alpha value is -1.02. The van der Waals surface area contributed by atoms with E-state index in [-0.39, 0.29) is 21.7 Å². The van der Waals surface area contributed by atoms with Gasteiger partial charge in [0.15, 0.2) is 10.2 Å². The Kier molecular flexibility index (Phi) is 7.00. The normalized spacial score (nSPS) is 10.8. The Bertz CT molecular complexity index is 347. The molecule has 0 saturated heterocycles. The van der Waals surface area contributed by atoms with Gasteiger partial charge in [-0.1, -0.05) is 23.5 Å². The summed E-state index contributed by atoms with van der Waals surface area (Å²) in [5.74, 6) is -2.60. The number of hydrogen-bond donors (Lipinski definition) is 1. The molecule has 0 aromatic carbocycles. The molecule has 0 unspecified atom stereocenters. The third kappa shape index (κ3) is 6.06. The van der Waals surface area contributed by atoms with E-state index in [1.54, 1.807) is 0 Å². The zero-order chi connectivity index (χ0) is 14.3. The summed E-state index contributed by atoms with van der Waals surface area (Å²) in [5.41, 5.74) is -1.86. The van der Waals surface area contributed by atoms with E-state index in [0.29, 0.717) is 0 Å². The van der Waals surface area contributed by atoms with E-state index in [1.807, 2.05) is 0 Å². The first-order valence-electron chi connectivity index (χ1n) is 4.89. The number of carboxylic acid groups (broad SMARTS) is 1. The van der Waals surface area contributed by atoms with E-state index in [0.717, 1.165) is 30.4 Å². The topological polar surface area (TPSA) is 97.7 Å². The van der Waals surface area contributed by atoms with Gasteiger partial charge in [-0.25, -0.2) is 4.79 Å². The van der Waals surface area contributed by atoms with Gasteiger partial charge >= 0.3 is 11.9 Å². The summed E-state index contributed by atoms with van der Waals surface area (Å²) in [6, 6.07) is 0. The van der Waals surface area contributed by atoms with Gasteiger partial charge in [-0.2, -0.15) is 0 Å². The number of thioether (sulfide) groups is 2. The first-order valence-corrected chi connectivity index (χ1v) is 6.86. The molecule has 8 heteroatoms. The molecule has 0 heterocycles. The Balaban J connectivity index is 5.00. The summed E-state index contributed by atoms with van der Waals surface area (Å²) in [5, 5.41) is 8.59. The lowest BCUT2D eigenvalue weighted by molar-refractivity contribution is -0.171. The molecule has 6 nitrogen and oxygen atoms in total. The summed E-state index contributed by atoms with van der Waals surface area (Å²) in [4.78, 5) is 44.0. The van der Waals surface area contributed by atoms with Crippen LogP contribution in [-0.4, -0.2) is 44.4 Å². The third-order valence-electron chi connectivity index (χ3n) is 1.75. The zero-order valence-electron chi connectivity index (χ0n) is 10.2. The van der Waals surface area contributed by atoms with E-state index in [9.17, 15) is 24.3 Å². The number of aliphatic carboxylic acids is 1. The molecule has 0 fully saturated rings. The Morgan fingerprint density at radius 3 is 1.61 bits per heavy atom. The summed E-state index contributed by atoms with van der Waals surface area (Å²) in [6.07, 6.45) is 0. The van der Waals surface area contributed by atoms with Gasteiger partial charge in [-0.3, -0.25) is 14.4 Å². The number of carbonyl (C=O) groups is 4. The molecule has 0 aliphatic rings. The molecule has 0 aliphatic carbocycles. The van der Waals surface area contributed by atoms with Crippen LogP contribution in [0.3, 0.4) is 0 Å². The van der Waals surface area contributed by atoms with Gasteiger partial charge in [0.05, 0.1) is 11.5 Å². The molecule has 0 amide bonds. The van der Waals surface area contributed by atoms with Crippen molar-refractivity contribution in [3.63, 3.8) is 0 Å². The van der Waals surface area contributed by atoms with Crippen molar-refractivity contribution >= 4 is 45.7 Å². The van der Waals surface area contributed by atoms with Crippen LogP contribution in [0.4, 0.5) is 0 Å². The van der Waals surface area contributed by atoms with Gasteiger partial charge in [0.1, 0.15) is 0 Å². The van der Waals surface area contributed by atoms with Crippen LogP contribution in [0.2, 0.25) is 0 Å². The number of rotatable bonds is 6. The predicted molar refractivity (Wildman–Crippen MR) is 68.4 cm³/mol. The van der Waals surface area contributed by atoms with Gasteiger partial charge in [-0.05, 0) is 0 Å². The van der Waals surface area contributed by atoms with Crippen LogP contribution in [0.5, 0.6) is 0 Å². The van der Waals surface area contributed by atoms with E-state index in [4.69, 9.17) is 4.74 Å². The predicted octanol–water partition coefficient (Wildman–Crippen LogP) is 0.932. The lowest BCUT2D eigenvalue weighted by atomic mass is 10.1. The van der Waals surface area contributed by atoms with Crippen LogP contribution in [0, 0.1) is 0 Å². The Morgan fingerprint density at radius 2 is 1.39 bits per heavy atom. The molecule has 102 valence electrons. The molecule has 0 bridgehead atoms. The fourth-order valence-electron chi connectivity index (χ4n) is 0.979. The van der Waals surface area contributed by atoms with Gasteiger partial charge in [0, 0.05) is 20.8 Å². The Morgan fingerprint density at radius 1 is 1.00 bits per heavy atom. The molecule has 18 heavy (non-hydrogen) atoms. The zero-order valence-corrected chi connectivity index (χ0v) is 11.9. The molecule has 1 N–H and O–H groups in total. The molecule has 0 rings (SSSR count). The maximum absolute atomic E-state index is 11.3. The molecule has 0 aromatic rings. The first kappa shape index (κ1) is 17.0.